The SMILES string of the molecule is CCn1c(Sc2ccc(OC)cc2N)n[nH]c1=O. The third-order valence-electron chi connectivity index (χ3n) is 2.46. The number of aromatic nitrogens is 3. The van der Waals surface area contributed by atoms with E-state index < -0.39 is 0 Å². The fourth-order valence-electron chi connectivity index (χ4n) is 1.50. The van der Waals surface area contributed by atoms with Crippen LogP contribution in [0.2, 0.25) is 0 Å². The van der Waals surface area contributed by atoms with E-state index in [9.17, 15) is 4.79 Å². The highest BCUT2D eigenvalue weighted by Gasteiger charge is 2.10. The Hall–Kier alpha value is -1.89. The highest BCUT2D eigenvalue weighted by molar-refractivity contribution is 7.99. The fraction of sp³-hybridized carbons (Fsp3) is 0.273. The lowest BCUT2D eigenvalue weighted by Crippen LogP contribution is -2.16. The molecular weight excluding hydrogens is 252 g/mol. The maximum absolute atomic E-state index is 11.4. The van der Waals surface area contributed by atoms with Crippen molar-refractivity contribution in [2.45, 2.75) is 23.5 Å². The van der Waals surface area contributed by atoms with Crippen LogP contribution in [0.15, 0.2) is 33.0 Å². The standard InChI is InChI=1S/C11H14N4O2S/c1-3-15-10(16)13-14-11(15)18-9-5-4-7(17-2)6-8(9)12/h4-6H,3,12H2,1-2H3,(H,13,16). The Labute approximate surface area is 108 Å². The maximum atomic E-state index is 11.4. The van der Waals surface area contributed by atoms with Crippen molar-refractivity contribution in [3.63, 3.8) is 0 Å². The summed E-state index contributed by atoms with van der Waals surface area (Å²) in [6.07, 6.45) is 0. The van der Waals surface area contributed by atoms with E-state index in [1.54, 1.807) is 17.7 Å². The fourth-order valence-corrected chi connectivity index (χ4v) is 2.43. The molecule has 0 saturated carbocycles. The van der Waals surface area contributed by atoms with Gasteiger partial charge in [0, 0.05) is 23.2 Å². The quantitative estimate of drug-likeness (QED) is 0.815. The van der Waals surface area contributed by atoms with Crippen LogP contribution in [0.25, 0.3) is 0 Å². The summed E-state index contributed by atoms with van der Waals surface area (Å²) in [4.78, 5) is 12.3. The number of nitrogens with one attached hydrogen (secondary N) is 1. The molecular formula is C11H14N4O2S. The first-order chi connectivity index (χ1) is 8.65. The number of H-pyrrole nitrogens is 1. The predicted molar refractivity (Wildman–Crippen MR) is 70.1 cm³/mol. The van der Waals surface area contributed by atoms with Crippen molar-refractivity contribution >= 4 is 17.4 Å². The Morgan fingerprint density at radius 3 is 2.94 bits per heavy atom. The third-order valence-corrected chi connectivity index (χ3v) is 3.54. The predicted octanol–water partition coefficient (Wildman–Crippen LogP) is 1.33. The molecule has 6 nitrogen and oxygen atoms in total. The van der Waals surface area contributed by atoms with Crippen LogP contribution in [0.4, 0.5) is 5.69 Å². The second-order valence-electron chi connectivity index (χ2n) is 3.56. The van der Waals surface area contributed by atoms with E-state index in [1.807, 2.05) is 19.1 Å². The first-order valence-electron chi connectivity index (χ1n) is 5.42. The molecule has 0 amide bonds. The van der Waals surface area contributed by atoms with Crippen LogP contribution >= 0.6 is 11.8 Å². The molecule has 2 rings (SSSR count). The van der Waals surface area contributed by atoms with Gasteiger partial charge in [0.05, 0.1) is 7.11 Å². The number of ether oxygens (including phenoxy) is 1. The van der Waals surface area contributed by atoms with Crippen molar-refractivity contribution < 1.29 is 4.74 Å². The monoisotopic (exact) mass is 266 g/mol. The first kappa shape index (κ1) is 12.6. The molecule has 1 aromatic carbocycles. The van der Waals surface area contributed by atoms with Crippen molar-refractivity contribution in [2.24, 2.45) is 0 Å². The van der Waals surface area contributed by atoms with Gasteiger partial charge in [-0.1, -0.05) is 0 Å². The summed E-state index contributed by atoms with van der Waals surface area (Å²) in [5.41, 5.74) is 6.30. The Morgan fingerprint density at radius 1 is 1.56 bits per heavy atom. The van der Waals surface area contributed by atoms with Gasteiger partial charge < -0.3 is 10.5 Å². The van der Waals surface area contributed by atoms with Crippen LogP contribution in [0, 0.1) is 0 Å². The molecule has 2 aromatic rings. The van der Waals surface area contributed by atoms with Crippen molar-refractivity contribution in [1.29, 1.82) is 0 Å². The highest BCUT2D eigenvalue weighted by atomic mass is 32.2. The minimum absolute atomic E-state index is 0.216. The number of nitrogen functional groups attached to an aromatic ring is 1. The molecule has 7 heteroatoms. The Balaban J connectivity index is 2.31. The Kier molecular flexibility index (Phi) is 3.61. The molecule has 1 heterocycles. The number of nitrogens with two attached hydrogens (primary N) is 1. The first-order valence-corrected chi connectivity index (χ1v) is 6.24. The van der Waals surface area contributed by atoms with E-state index in [4.69, 9.17) is 10.5 Å². The van der Waals surface area contributed by atoms with E-state index in [1.165, 1.54) is 11.8 Å². The number of anilines is 1. The largest absolute Gasteiger partial charge is 0.497 e. The molecule has 96 valence electrons. The van der Waals surface area contributed by atoms with Gasteiger partial charge in [0.2, 0.25) is 0 Å². The lowest BCUT2D eigenvalue weighted by atomic mass is 10.3. The number of nitrogens with zero attached hydrogens (tertiary/aromatic N) is 2. The number of hydrogen-bond acceptors (Lipinski definition) is 5. The zero-order chi connectivity index (χ0) is 13.1. The zero-order valence-corrected chi connectivity index (χ0v) is 11.0. The number of methoxy groups -OCH3 is 1. The van der Waals surface area contributed by atoms with Crippen molar-refractivity contribution in [3.8, 4) is 5.75 Å². The lowest BCUT2D eigenvalue weighted by molar-refractivity contribution is 0.415. The van der Waals surface area contributed by atoms with Gasteiger partial charge in [-0.2, -0.15) is 0 Å². The summed E-state index contributed by atoms with van der Waals surface area (Å²) in [5.74, 6) is 0.701. The van der Waals surface area contributed by atoms with Crippen LogP contribution in [0.5, 0.6) is 5.75 Å². The summed E-state index contributed by atoms with van der Waals surface area (Å²) >= 11 is 1.35. The number of rotatable bonds is 4. The summed E-state index contributed by atoms with van der Waals surface area (Å²) in [6.45, 7) is 2.45. The minimum Gasteiger partial charge on any atom is -0.497 e. The molecule has 3 N–H and O–H groups in total. The van der Waals surface area contributed by atoms with Crippen LogP contribution in [-0.2, 0) is 6.54 Å². The topological polar surface area (TPSA) is 85.9 Å². The highest BCUT2D eigenvalue weighted by Crippen LogP contribution is 2.32. The van der Waals surface area contributed by atoms with Gasteiger partial charge in [-0.3, -0.25) is 4.57 Å². The Bertz CT molecular complexity index is 605. The van der Waals surface area contributed by atoms with Gasteiger partial charge in [-0.05, 0) is 30.8 Å². The summed E-state index contributed by atoms with van der Waals surface area (Å²) in [7, 11) is 1.59. The second-order valence-corrected chi connectivity index (χ2v) is 4.57. The summed E-state index contributed by atoms with van der Waals surface area (Å²) < 4.78 is 6.63. The van der Waals surface area contributed by atoms with Crippen LogP contribution < -0.4 is 16.2 Å². The lowest BCUT2D eigenvalue weighted by Gasteiger charge is -2.07. The van der Waals surface area contributed by atoms with E-state index in [-0.39, 0.29) is 5.69 Å². The molecule has 0 unspecified atom stereocenters. The number of benzene rings is 1. The van der Waals surface area contributed by atoms with Crippen molar-refractivity contribution in [3.05, 3.63) is 28.7 Å². The molecule has 0 saturated heterocycles. The van der Waals surface area contributed by atoms with Crippen LogP contribution in [0.3, 0.4) is 0 Å². The molecule has 0 bridgehead atoms. The van der Waals surface area contributed by atoms with Crippen molar-refractivity contribution in [2.75, 3.05) is 12.8 Å². The van der Waals surface area contributed by atoms with Gasteiger partial charge in [-0.25, -0.2) is 9.89 Å². The van der Waals surface area contributed by atoms with E-state index in [0.717, 1.165) is 4.90 Å². The van der Waals surface area contributed by atoms with Gasteiger partial charge >= 0.3 is 5.69 Å². The van der Waals surface area contributed by atoms with E-state index in [0.29, 0.717) is 23.1 Å². The molecule has 0 aliphatic rings. The number of hydrogen-bond donors (Lipinski definition) is 2. The smallest absolute Gasteiger partial charge is 0.343 e. The Morgan fingerprint density at radius 2 is 2.33 bits per heavy atom. The zero-order valence-electron chi connectivity index (χ0n) is 10.1. The second kappa shape index (κ2) is 5.18. The third kappa shape index (κ3) is 2.35. The van der Waals surface area contributed by atoms with Crippen LogP contribution in [0.1, 0.15) is 6.92 Å². The molecule has 0 aliphatic heterocycles. The average Bonchev–Trinajstić information content (AvgIpc) is 2.72. The molecule has 0 fully saturated rings. The minimum atomic E-state index is -0.216. The van der Waals surface area contributed by atoms with Crippen LogP contribution in [-0.4, -0.2) is 21.9 Å². The normalized spacial score (nSPS) is 10.6. The molecule has 0 atom stereocenters. The van der Waals surface area contributed by atoms with Crippen molar-refractivity contribution in [1.82, 2.24) is 14.8 Å². The average molecular weight is 266 g/mol. The number of aromatic amines is 1. The van der Waals surface area contributed by atoms with Gasteiger partial charge in [0.15, 0.2) is 5.16 Å². The van der Waals surface area contributed by atoms with E-state index in [2.05, 4.69) is 10.2 Å². The van der Waals surface area contributed by atoms with Gasteiger partial charge in [-0.15, -0.1) is 5.10 Å². The molecule has 0 radical (unpaired) electrons. The molecule has 0 spiro atoms. The summed E-state index contributed by atoms with van der Waals surface area (Å²) in [5, 5.41) is 6.99. The van der Waals surface area contributed by atoms with E-state index >= 15 is 0 Å². The van der Waals surface area contributed by atoms with Gasteiger partial charge in [0.1, 0.15) is 5.75 Å². The molecule has 1 aromatic heterocycles. The maximum Gasteiger partial charge on any atom is 0.343 e. The molecule has 18 heavy (non-hydrogen) atoms. The molecule has 0 aliphatic carbocycles. The van der Waals surface area contributed by atoms with Gasteiger partial charge in [0.25, 0.3) is 0 Å². The summed E-state index contributed by atoms with van der Waals surface area (Å²) in [6, 6.07) is 5.40.